The lowest BCUT2D eigenvalue weighted by molar-refractivity contribution is 0.0958. The van der Waals surface area contributed by atoms with Crippen molar-refractivity contribution in [3.05, 3.63) is 37.2 Å². The van der Waals surface area contributed by atoms with Crippen LogP contribution in [0.5, 0.6) is 5.75 Å². The van der Waals surface area contributed by atoms with E-state index in [9.17, 15) is 9.90 Å². The number of anilines is 1. The molecule has 1 heterocycles. The molecule has 0 aliphatic rings. The van der Waals surface area contributed by atoms with E-state index in [1.165, 1.54) is 6.21 Å². The fourth-order valence-electron chi connectivity index (χ4n) is 1.66. The first-order valence-corrected chi connectivity index (χ1v) is 8.59. The predicted octanol–water partition coefficient (Wildman–Crippen LogP) is 3.28. The fraction of sp³-hybridized carbons (Fsp3) is 0.154. The maximum absolute atomic E-state index is 12.0. The lowest BCUT2D eigenvalue weighted by Crippen LogP contribution is -2.17. The van der Waals surface area contributed by atoms with Crippen LogP contribution in [0.15, 0.2) is 26.2 Å². The fourth-order valence-corrected chi connectivity index (χ4v) is 3.70. The van der Waals surface area contributed by atoms with E-state index < -0.39 is 0 Å². The van der Waals surface area contributed by atoms with Gasteiger partial charge in [-0.2, -0.15) is 5.10 Å². The largest absolute Gasteiger partial charge is 0.506 e. The van der Waals surface area contributed by atoms with Crippen molar-refractivity contribution in [3.8, 4) is 5.75 Å². The van der Waals surface area contributed by atoms with Gasteiger partial charge in [0.05, 0.1) is 20.9 Å². The number of hydrazone groups is 1. The molecule has 1 amide bonds. The minimum atomic E-state index is -0.348. The molecule has 0 aliphatic carbocycles. The van der Waals surface area contributed by atoms with Gasteiger partial charge in [0.2, 0.25) is 0 Å². The molecule has 0 spiro atoms. The summed E-state index contributed by atoms with van der Waals surface area (Å²) in [4.78, 5) is 16.6. The van der Waals surface area contributed by atoms with Crippen LogP contribution in [0.25, 0.3) is 0 Å². The average Bonchev–Trinajstić information content (AvgIpc) is 2.85. The van der Waals surface area contributed by atoms with Gasteiger partial charge in [-0.05, 0) is 56.0 Å². The topological polar surface area (TPSA) is 101 Å². The second kappa shape index (κ2) is 7.21. The van der Waals surface area contributed by atoms with Gasteiger partial charge in [-0.15, -0.1) is 0 Å². The number of halogens is 2. The number of carbonyl (C=O) groups excluding carboxylic acids is 1. The molecule has 6 nitrogen and oxygen atoms in total. The van der Waals surface area contributed by atoms with Crippen molar-refractivity contribution < 1.29 is 9.90 Å². The van der Waals surface area contributed by atoms with Gasteiger partial charge >= 0.3 is 0 Å². The SMILES string of the molecule is CCc1nc(N)sc1C(=O)N/N=C/c1cc(Br)c(O)c(Br)c1. The third kappa shape index (κ3) is 3.84. The summed E-state index contributed by atoms with van der Waals surface area (Å²) >= 11 is 7.59. The number of nitrogen functional groups attached to an aromatic ring is 1. The first-order valence-electron chi connectivity index (χ1n) is 6.19. The highest BCUT2D eigenvalue weighted by Crippen LogP contribution is 2.32. The highest BCUT2D eigenvalue weighted by atomic mass is 79.9. The second-order valence-corrected chi connectivity index (χ2v) is 6.95. The molecular formula is C13H12Br2N4O2S. The van der Waals surface area contributed by atoms with Crippen LogP contribution in [0.4, 0.5) is 5.13 Å². The van der Waals surface area contributed by atoms with E-state index in [2.05, 4.69) is 47.4 Å². The highest BCUT2D eigenvalue weighted by molar-refractivity contribution is 9.11. The molecule has 9 heteroatoms. The minimum Gasteiger partial charge on any atom is -0.506 e. The standard InChI is InChI=1S/C13H12Br2N4O2S/c1-2-9-11(22-13(16)18-9)12(21)19-17-5-6-3-7(14)10(20)8(15)4-6/h3-5,20H,2H2,1H3,(H2,16,18)(H,19,21)/b17-5+. The van der Waals surface area contributed by atoms with Crippen LogP contribution < -0.4 is 11.2 Å². The molecule has 0 saturated carbocycles. The summed E-state index contributed by atoms with van der Waals surface area (Å²) in [6.45, 7) is 1.90. The molecule has 4 N–H and O–H groups in total. The molecule has 0 aliphatic heterocycles. The number of hydrogen-bond donors (Lipinski definition) is 3. The van der Waals surface area contributed by atoms with Crippen molar-refractivity contribution in [2.24, 2.45) is 5.10 Å². The second-order valence-electron chi connectivity index (χ2n) is 4.21. The van der Waals surface area contributed by atoms with E-state index in [-0.39, 0.29) is 11.7 Å². The summed E-state index contributed by atoms with van der Waals surface area (Å²) in [7, 11) is 0. The van der Waals surface area contributed by atoms with Crippen LogP contribution in [-0.2, 0) is 6.42 Å². The summed E-state index contributed by atoms with van der Waals surface area (Å²) in [6.07, 6.45) is 2.10. The lowest BCUT2D eigenvalue weighted by Gasteiger charge is -2.02. The normalized spacial score (nSPS) is 11.0. The number of carbonyl (C=O) groups is 1. The van der Waals surface area contributed by atoms with Crippen LogP contribution in [0, 0.1) is 0 Å². The van der Waals surface area contributed by atoms with Gasteiger partial charge in [0, 0.05) is 0 Å². The summed E-state index contributed by atoms with van der Waals surface area (Å²) < 4.78 is 1.05. The summed E-state index contributed by atoms with van der Waals surface area (Å²) in [5, 5.41) is 13.9. The third-order valence-corrected chi connectivity index (χ3v) is 4.81. The number of phenols is 1. The monoisotopic (exact) mass is 446 g/mol. The Kier molecular flexibility index (Phi) is 5.54. The molecule has 116 valence electrons. The number of nitrogens with two attached hydrogens (primary N) is 1. The number of benzene rings is 1. The minimum absolute atomic E-state index is 0.105. The number of nitrogens with one attached hydrogen (secondary N) is 1. The van der Waals surface area contributed by atoms with Crippen molar-refractivity contribution in [1.82, 2.24) is 10.4 Å². The molecule has 0 fully saturated rings. The molecule has 0 bridgehead atoms. The molecule has 0 saturated heterocycles. The van der Waals surface area contributed by atoms with Gasteiger partial charge in [0.15, 0.2) is 5.13 Å². The Morgan fingerprint density at radius 3 is 2.73 bits per heavy atom. The smallest absolute Gasteiger partial charge is 0.283 e. The van der Waals surface area contributed by atoms with Crippen LogP contribution in [-0.4, -0.2) is 22.2 Å². The lowest BCUT2D eigenvalue weighted by atomic mass is 10.2. The summed E-state index contributed by atoms with van der Waals surface area (Å²) in [5.41, 5.74) is 9.42. The first kappa shape index (κ1) is 16.9. The maximum Gasteiger partial charge on any atom is 0.283 e. The molecule has 0 unspecified atom stereocenters. The number of hydrogen-bond acceptors (Lipinski definition) is 6. The van der Waals surface area contributed by atoms with Crippen LogP contribution in [0.2, 0.25) is 0 Å². The highest BCUT2D eigenvalue weighted by Gasteiger charge is 2.15. The first-order chi connectivity index (χ1) is 10.4. The van der Waals surface area contributed by atoms with E-state index in [0.29, 0.717) is 36.6 Å². The Bertz CT molecular complexity index is 723. The maximum atomic E-state index is 12.0. The van der Waals surface area contributed by atoms with E-state index in [1.54, 1.807) is 12.1 Å². The summed E-state index contributed by atoms with van der Waals surface area (Å²) in [6, 6.07) is 3.36. The number of nitrogens with zero attached hydrogens (tertiary/aromatic N) is 2. The third-order valence-electron chi connectivity index (χ3n) is 2.67. The van der Waals surface area contributed by atoms with Crippen molar-refractivity contribution in [2.75, 3.05) is 5.73 Å². The Morgan fingerprint density at radius 1 is 1.50 bits per heavy atom. The number of phenolic OH excluding ortho intramolecular Hbond substituents is 1. The zero-order valence-electron chi connectivity index (χ0n) is 11.4. The molecule has 2 rings (SSSR count). The molecule has 1 aromatic heterocycles. The van der Waals surface area contributed by atoms with Gasteiger partial charge in [0.1, 0.15) is 10.6 Å². The van der Waals surface area contributed by atoms with Crippen LogP contribution in [0.3, 0.4) is 0 Å². The van der Waals surface area contributed by atoms with Crippen LogP contribution in [0.1, 0.15) is 27.9 Å². The Labute approximate surface area is 147 Å². The van der Waals surface area contributed by atoms with Crippen molar-refractivity contribution in [3.63, 3.8) is 0 Å². The van der Waals surface area contributed by atoms with E-state index >= 15 is 0 Å². The molecule has 0 radical (unpaired) electrons. The van der Waals surface area contributed by atoms with Gasteiger partial charge < -0.3 is 10.8 Å². The van der Waals surface area contributed by atoms with Gasteiger partial charge in [0.25, 0.3) is 5.91 Å². The molecule has 22 heavy (non-hydrogen) atoms. The molecule has 0 atom stereocenters. The Morgan fingerprint density at radius 2 is 2.14 bits per heavy atom. The number of amides is 1. The quantitative estimate of drug-likeness (QED) is 0.494. The Balaban J connectivity index is 2.10. The Hall–Kier alpha value is -1.45. The molecule has 1 aromatic carbocycles. The summed E-state index contributed by atoms with van der Waals surface area (Å²) in [5.74, 6) is -0.242. The zero-order chi connectivity index (χ0) is 16.3. The number of aromatic nitrogens is 1. The predicted molar refractivity (Wildman–Crippen MR) is 94.5 cm³/mol. The zero-order valence-corrected chi connectivity index (χ0v) is 15.4. The van der Waals surface area contributed by atoms with E-state index in [1.807, 2.05) is 6.92 Å². The number of aryl methyl sites for hydroxylation is 1. The molecule has 2 aromatic rings. The average molecular weight is 448 g/mol. The number of rotatable bonds is 4. The van der Waals surface area contributed by atoms with Crippen molar-refractivity contribution in [2.45, 2.75) is 13.3 Å². The number of thiazole rings is 1. The molecular weight excluding hydrogens is 436 g/mol. The van der Waals surface area contributed by atoms with Gasteiger partial charge in [-0.3, -0.25) is 4.79 Å². The van der Waals surface area contributed by atoms with E-state index in [4.69, 9.17) is 5.73 Å². The van der Waals surface area contributed by atoms with Gasteiger partial charge in [-0.1, -0.05) is 18.3 Å². The van der Waals surface area contributed by atoms with Gasteiger partial charge in [-0.25, -0.2) is 10.4 Å². The van der Waals surface area contributed by atoms with Crippen LogP contribution >= 0.6 is 43.2 Å². The van der Waals surface area contributed by atoms with E-state index in [0.717, 1.165) is 11.3 Å². The van der Waals surface area contributed by atoms with Crippen molar-refractivity contribution in [1.29, 1.82) is 0 Å². The van der Waals surface area contributed by atoms with Crippen molar-refractivity contribution >= 4 is 60.5 Å². The number of aromatic hydroxyl groups is 1.